The van der Waals surface area contributed by atoms with Gasteiger partial charge in [-0.25, -0.2) is 4.79 Å². The van der Waals surface area contributed by atoms with Crippen molar-refractivity contribution in [2.45, 2.75) is 33.6 Å². The van der Waals surface area contributed by atoms with Crippen LogP contribution in [0.25, 0.3) is 10.9 Å². The third-order valence-electron chi connectivity index (χ3n) is 4.91. The van der Waals surface area contributed by atoms with Crippen molar-refractivity contribution in [2.24, 2.45) is 5.41 Å². The molecule has 152 valence electrons. The number of carbonyl (C=O) groups excluding carboxylic acids is 2. The molecule has 3 aromatic rings. The Hall–Kier alpha value is -2.79. The molecule has 0 radical (unpaired) electrons. The number of hydrogen-bond donors (Lipinski definition) is 1. The Balaban J connectivity index is 2.02. The molecule has 1 atom stereocenters. The summed E-state index contributed by atoms with van der Waals surface area (Å²) < 4.78 is 10.6. The first-order chi connectivity index (χ1) is 13.6. The molecule has 0 amide bonds. The van der Waals surface area contributed by atoms with E-state index in [1.807, 2.05) is 45.9 Å². The average Bonchev–Trinajstić information content (AvgIpc) is 2.96. The Morgan fingerprint density at radius 2 is 1.72 bits per heavy atom. The zero-order valence-electron chi connectivity index (χ0n) is 17.1. The lowest BCUT2D eigenvalue weighted by Crippen LogP contribution is -2.30. The molecule has 1 aromatic heterocycles. The van der Waals surface area contributed by atoms with Crippen LogP contribution in [0.2, 0.25) is 5.02 Å². The normalized spacial score (nSPS) is 12.6. The van der Waals surface area contributed by atoms with Crippen LogP contribution < -0.4 is 4.74 Å². The molecule has 6 heteroatoms. The van der Waals surface area contributed by atoms with Gasteiger partial charge in [-0.1, -0.05) is 32.4 Å². The van der Waals surface area contributed by atoms with Gasteiger partial charge in [0.2, 0.25) is 0 Å². The highest BCUT2D eigenvalue weighted by Crippen LogP contribution is 2.42. The Kier molecular flexibility index (Phi) is 5.71. The molecule has 0 saturated heterocycles. The predicted molar refractivity (Wildman–Crippen MR) is 114 cm³/mol. The number of methoxy groups -OCH3 is 1. The van der Waals surface area contributed by atoms with Crippen molar-refractivity contribution >= 4 is 34.4 Å². The number of carbonyl (C=O) groups is 2. The van der Waals surface area contributed by atoms with Crippen LogP contribution in [0.15, 0.2) is 42.5 Å². The van der Waals surface area contributed by atoms with Crippen LogP contribution in [0.5, 0.6) is 5.75 Å². The fourth-order valence-electron chi connectivity index (χ4n) is 3.53. The zero-order chi connectivity index (χ0) is 21.3. The van der Waals surface area contributed by atoms with E-state index < -0.39 is 23.3 Å². The summed E-state index contributed by atoms with van der Waals surface area (Å²) in [5, 5.41) is 1.38. The molecule has 5 nitrogen and oxygen atoms in total. The Morgan fingerprint density at radius 1 is 1.07 bits per heavy atom. The highest BCUT2D eigenvalue weighted by atomic mass is 35.5. The first-order valence-corrected chi connectivity index (χ1v) is 9.67. The maximum absolute atomic E-state index is 13.2. The maximum atomic E-state index is 13.2. The lowest BCUT2D eigenvalue weighted by atomic mass is 9.75. The van der Waals surface area contributed by atoms with E-state index in [1.165, 1.54) is 12.1 Å². The lowest BCUT2D eigenvalue weighted by molar-refractivity contribution is -0.142. The first-order valence-electron chi connectivity index (χ1n) is 9.29. The largest absolute Gasteiger partial charge is 0.497 e. The Bertz CT molecular complexity index is 1060. The van der Waals surface area contributed by atoms with Crippen molar-refractivity contribution in [1.29, 1.82) is 0 Å². The third-order valence-corrected chi connectivity index (χ3v) is 5.16. The molecule has 2 aromatic carbocycles. The molecule has 0 fully saturated rings. The van der Waals surface area contributed by atoms with Crippen molar-refractivity contribution < 1.29 is 19.1 Å². The number of hydrogen-bond acceptors (Lipinski definition) is 4. The van der Waals surface area contributed by atoms with Crippen LogP contribution in [0.1, 0.15) is 48.3 Å². The number of nitrogens with one attached hydrogen (secondary N) is 1. The topological polar surface area (TPSA) is 68.4 Å². The molecule has 0 bridgehead atoms. The number of rotatable bonds is 4. The Labute approximate surface area is 175 Å². The minimum atomic E-state index is -0.698. The van der Waals surface area contributed by atoms with Gasteiger partial charge in [0.25, 0.3) is 0 Å². The number of fused-ring (bicyclic) bond motifs is 1. The molecule has 0 aliphatic heterocycles. The van der Waals surface area contributed by atoms with Crippen molar-refractivity contribution in [1.82, 2.24) is 4.98 Å². The van der Waals surface area contributed by atoms with Crippen LogP contribution >= 0.6 is 11.6 Å². The van der Waals surface area contributed by atoms with Crippen molar-refractivity contribution in [2.75, 3.05) is 7.11 Å². The molecule has 1 N–H and O–H groups in total. The van der Waals surface area contributed by atoms with Crippen LogP contribution in [0.4, 0.5) is 0 Å². The molecule has 0 aliphatic rings. The van der Waals surface area contributed by atoms with E-state index >= 15 is 0 Å². The molecule has 1 unspecified atom stereocenters. The molecule has 3 rings (SSSR count). The van der Waals surface area contributed by atoms with Gasteiger partial charge in [0, 0.05) is 21.6 Å². The number of benzene rings is 2. The van der Waals surface area contributed by atoms with Gasteiger partial charge in [-0.2, -0.15) is 0 Å². The number of aromatic amines is 1. The van der Waals surface area contributed by atoms with Crippen LogP contribution in [-0.4, -0.2) is 24.0 Å². The summed E-state index contributed by atoms with van der Waals surface area (Å²) in [6.07, 6.45) is 0. The second-order valence-corrected chi connectivity index (χ2v) is 8.53. The van der Waals surface area contributed by atoms with Crippen molar-refractivity contribution in [3.63, 3.8) is 0 Å². The summed E-state index contributed by atoms with van der Waals surface area (Å²) in [5.41, 5.74) is 2.34. The minimum Gasteiger partial charge on any atom is -0.497 e. The third kappa shape index (κ3) is 4.30. The second kappa shape index (κ2) is 7.91. The van der Waals surface area contributed by atoms with Gasteiger partial charge in [-0.3, -0.25) is 4.79 Å². The summed E-state index contributed by atoms with van der Waals surface area (Å²) in [5.74, 6) is -1.25. The Morgan fingerprint density at radius 3 is 2.31 bits per heavy atom. The van der Waals surface area contributed by atoms with E-state index in [9.17, 15) is 9.59 Å². The van der Waals surface area contributed by atoms with Gasteiger partial charge in [0.15, 0.2) is 0 Å². The van der Waals surface area contributed by atoms with Crippen LogP contribution in [0.3, 0.4) is 0 Å². The molecular weight excluding hydrogens is 390 g/mol. The molecular formula is C23H24ClNO4. The fourth-order valence-corrected chi connectivity index (χ4v) is 3.65. The van der Waals surface area contributed by atoms with Crippen LogP contribution in [0, 0.1) is 12.3 Å². The van der Waals surface area contributed by atoms with E-state index in [2.05, 4.69) is 4.98 Å². The number of ether oxygens (including phenoxy) is 2. The van der Waals surface area contributed by atoms with E-state index in [0.29, 0.717) is 10.8 Å². The average molecular weight is 414 g/mol. The number of halogens is 1. The molecule has 29 heavy (non-hydrogen) atoms. The van der Waals surface area contributed by atoms with Gasteiger partial charge < -0.3 is 14.5 Å². The lowest BCUT2D eigenvalue weighted by Gasteiger charge is -2.29. The van der Waals surface area contributed by atoms with E-state index in [-0.39, 0.29) is 5.56 Å². The number of aryl methyl sites for hydroxylation is 1. The summed E-state index contributed by atoms with van der Waals surface area (Å²) in [7, 11) is 1.60. The molecule has 1 heterocycles. The number of esters is 2. The van der Waals surface area contributed by atoms with E-state index in [1.54, 1.807) is 19.2 Å². The summed E-state index contributed by atoms with van der Waals surface area (Å²) in [6.45, 7) is 7.76. The molecule has 0 spiro atoms. The van der Waals surface area contributed by atoms with E-state index in [0.717, 1.165) is 22.2 Å². The van der Waals surface area contributed by atoms with Gasteiger partial charge in [-0.15, -0.1) is 0 Å². The maximum Gasteiger partial charge on any atom is 0.345 e. The quantitative estimate of drug-likeness (QED) is 0.443. The summed E-state index contributed by atoms with van der Waals surface area (Å²) in [4.78, 5) is 29.0. The molecule has 0 saturated carbocycles. The number of H-pyrrole nitrogens is 1. The standard InChI is InChI=1S/C23H24ClNO4/c1-13-19(17-12-16(28-5)10-11-18(17)25-13)20(23(2,3)4)22(27)29-21(26)14-6-8-15(24)9-7-14/h6-12,20,25H,1-5H3. The predicted octanol–water partition coefficient (Wildman–Crippen LogP) is 5.65. The first kappa shape index (κ1) is 20.9. The van der Waals surface area contributed by atoms with Gasteiger partial charge in [-0.05, 0) is 60.4 Å². The zero-order valence-corrected chi connectivity index (χ0v) is 17.9. The minimum absolute atomic E-state index is 0.271. The van der Waals surface area contributed by atoms with Gasteiger partial charge >= 0.3 is 11.9 Å². The van der Waals surface area contributed by atoms with Crippen molar-refractivity contribution in [3.8, 4) is 5.75 Å². The number of aromatic nitrogens is 1. The summed E-state index contributed by atoms with van der Waals surface area (Å²) >= 11 is 5.86. The monoisotopic (exact) mass is 413 g/mol. The highest BCUT2D eigenvalue weighted by Gasteiger charge is 2.38. The smallest absolute Gasteiger partial charge is 0.345 e. The highest BCUT2D eigenvalue weighted by molar-refractivity contribution is 6.30. The van der Waals surface area contributed by atoms with Gasteiger partial charge in [0.1, 0.15) is 5.75 Å². The van der Waals surface area contributed by atoms with Gasteiger partial charge in [0.05, 0.1) is 18.6 Å². The SMILES string of the molecule is COc1ccc2[nH]c(C)c(C(C(=O)OC(=O)c3ccc(Cl)cc3)C(C)(C)C)c2c1. The fraction of sp³-hybridized carbons (Fsp3) is 0.304. The summed E-state index contributed by atoms with van der Waals surface area (Å²) in [6, 6.07) is 11.9. The second-order valence-electron chi connectivity index (χ2n) is 8.09. The molecule has 0 aliphatic carbocycles. The van der Waals surface area contributed by atoms with Crippen molar-refractivity contribution in [3.05, 3.63) is 64.3 Å². The van der Waals surface area contributed by atoms with E-state index in [4.69, 9.17) is 21.1 Å². The van der Waals surface area contributed by atoms with Crippen LogP contribution in [-0.2, 0) is 9.53 Å².